The molecule has 2 aliphatic heterocycles. The molecule has 1 amide bonds. The van der Waals surface area contributed by atoms with Crippen molar-refractivity contribution in [2.75, 3.05) is 26.2 Å². The number of fused-ring (bicyclic) bond motifs is 1. The van der Waals surface area contributed by atoms with Gasteiger partial charge in [-0.25, -0.2) is 9.99 Å². The molecule has 5 heterocycles. The van der Waals surface area contributed by atoms with E-state index in [4.69, 9.17) is 0 Å². The van der Waals surface area contributed by atoms with Gasteiger partial charge in [-0.1, -0.05) is 13.0 Å². The maximum atomic E-state index is 14.8. The summed E-state index contributed by atoms with van der Waals surface area (Å²) < 4.78 is 14.8. The summed E-state index contributed by atoms with van der Waals surface area (Å²) in [6.07, 6.45) is 6.27. The second kappa shape index (κ2) is 10.2. The van der Waals surface area contributed by atoms with Gasteiger partial charge in [-0.05, 0) is 74.9 Å². The maximum Gasteiger partial charge on any atom is 0.284 e. The number of hydrazine groups is 1. The van der Waals surface area contributed by atoms with E-state index in [0.717, 1.165) is 80.6 Å². The van der Waals surface area contributed by atoms with Crippen molar-refractivity contribution >= 4 is 16.9 Å². The number of nitrogens with one attached hydrogen (secondary N) is 2. The molecule has 0 unspecified atom stereocenters. The lowest BCUT2D eigenvalue weighted by Gasteiger charge is -2.32. The number of aryl methyl sites for hydroxylation is 1. The lowest BCUT2D eigenvalue weighted by molar-refractivity contribution is 0.0819. The number of hydrogen-bond donors (Lipinski definition) is 2. The SMILES string of the molecule is CCc1cc2ncc(CN3CCC(c4ccc(C(=O)NN5CCCC5)nc4F)CC3)cc2[nH]c1=O. The van der Waals surface area contributed by atoms with Gasteiger partial charge >= 0.3 is 0 Å². The Bertz CT molecular complexity index is 1280. The quantitative estimate of drug-likeness (QED) is 0.529. The van der Waals surface area contributed by atoms with Gasteiger partial charge in [-0.15, -0.1) is 0 Å². The van der Waals surface area contributed by atoms with Crippen molar-refractivity contribution in [2.24, 2.45) is 0 Å². The van der Waals surface area contributed by atoms with Crippen LogP contribution in [-0.4, -0.2) is 56.9 Å². The first-order chi connectivity index (χ1) is 17.0. The van der Waals surface area contributed by atoms with Gasteiger partial charge in [0.05, 0.1) is 11.0 Å². The van der Waals surface area contributed by atoms with Gasteiger partial charge in [0.15, 0.2) is 0 Å². The molecule has 35 heavy (non-hydrogen) atoms. The predicted octanol–water partition coefficient (Wildman–Crippen LogP) is 3.14. The fraction of sp³-hybridized carbons (Fsp3) is 0.462. The lowest BCUT2D eigenvalue weighted by Crippen LogP contribution is -2.40. The van der Waals surface area contributed by atoms with E-state index >= 15 is 0 Å². The Kier molecular flexibility index (Phi) is 6.88. The molecular weight excluding hydrogens is 447 g/mol. The molecule has 2 fully saturated rings. The highest BCUT2D eigenvalue weighted by molar-refractivity contribution is 5.91. The van der Waals surface area contributed by atoms with Crippen LogP contribution in [0.5, 0.6) is 0 Å². The van der Waals surface area contributed by atoms with Crippen molar-refractivity contribution in [3.63, 3.8) is 0 Å². The minimum absolute atomic E-state index is 0.0602. The van der Waals surface area contributed by atoms with E-state index in [1.807, 2.05) is 30.3 Å². The first kappa shape index (κ1) is 23.6. The highest BCUT2D eigenvalue weighted by Crippen LogP contribution is 2.30. The van der Waals surface area contributed by atoms with Crippen LogP contribution < -0.4 is 11.0 Å². The summed E-state index contributed by atoms with van der Waals surface area (Å²) in [5.74, 6) is -0.830. The van der Waals surface area contributed by atoms with Crippen LogP contribution in [-0.2, 0) is 13.0 Å². The van der Waals surface area contributed by atoms with Gasteiger partial charge in [0, 0.05) is 37.0 Å². The standard InChI is InChI=1S/C26H31FN6O2/c1-2-18-14-22-23(30-25(18)34)13-17(15-28-22)16-32-11-7-19(8-12-32)20-5-6-21(29-24(20)27)26(35)31-33-9-3-4-10-33/h5-6,13-15,19H,2-4,7-12,16H2,1H3,(H,30,34)(H,31,35). The number of hydrogen-bond acceptors (Lipinski definition) is 6. The molecule has 2 saturated heterocycles. The fourth-order valence-corrected chi connectivity index (χ4v) is 5.08. The van der Waals surface area contributed by atoms with Crippen LogP contribution in [0.3, 0.4) is 0 Å². The molecule has 0 aliphatic carbocycles. The summed E-state index contributed by atoms with van der Waals surface area (Å²) >= 11 is 0. The van der Waals surface area contributed by atoms with Crippen LogP contribution in [0.25, 0.3) is 11.0 Å². The zero-order chi connectivity index (χ0) is 24.4. The average molecular weight is 479 g/mol. The third kappa shape index (κ3) is 5.26. The summed E-state index contributed by atoms with van der Waals surface area (Å²) in [6, 6.07) is 7.19. The third-order valence-corrected chi connectivity index (χ3v) is 7.12. The van der Waals surface area contributed by atoms with E-state index in [9.17, 15) is 14.0 Å². The second-order valence-electron chi connectivity index (χ2n) is 9.52. The molecule has 0 saturated carbocycles. The Morgan fingerprint density at radius 2 is 1.94 bits per heavy atom. The number of carbonyl (C=O) groups excluding carboxylic acids is 1. The summed E-state index contributed by atoms with van der Waals surface area (Å²) in [4.78, 5) is 38.3. The van der Waals surface area contributed by atoms with Gasteiger partial charge in [0.25, 0.3) is 11.5 Å². The van der Waals surface area contributed by atoms with Crippen molar-refractivity contribution in [3.05, 3.63) is 69.1 Å². The molecule has 2 aliphatic rings. The van der Waals surface area contributed by atoms with E-state index in [0.29, 0.717) is 12.0 Å². The predicted molar refractivity (Wildman–Crippen MR) is 131 cm³/mol. The molecule has 3 aromatic rings. The van der Waals surface area contributed by atoms with E-state index in [-0.39, 0.29) is 23.1 Å². The summed E-state index contributed by atoms with van der Waals surface area (Å²) in [6.45, 7) is 5.96. The van der Waals surface area contributed by atoms with Gasteiger partial charge < -0.3 is 4.98 Å². The van der Waals surface area contributed by atoms with Crippen molar-refractivity contribution in [3.8, 4) is 0 Å². The number of rotatable bonds is 6. The van der Waals surface area contributed by atoms with Crippen LogP contribution in [0.2, 0.25) is 0 Å². The Hall–Kier alpha value is -3.17. The zero-order valence-corrected chi connectivity index (χ0v) is 20.0. The van der Waals surface area contributed by atoms with Crippen molar-refractivity contribution < 1.29 is 9.18 Å². The molecule has 9 heteroatoms. The maximum absolute atomic E-state index is 14.8. The van der Waals surface area contributed by atoms with E-state index in [1.54, 1.807) is 12.1 Å². The minimum Gasteiger partial charge on any atom is -0.320 e. The van der Waals surface area contributed by atoms with Gasteiger partial charge in [0.2, 0.25) is 5.95 Å². The number of carbonyl (C=O) groups is 1. The van der Waals surface area contributed by atoms with Crippen LogP contribution in [0.15, 0.2) is 35.3 Å². The average Bonchev–Trinajstić information content (AvgIpc) is 3.37. The smallest absolute Gasteiger partial charge is 0.284 e. The molecule has 5 rings (SSSR count). The molecule has 2 N–H and O–H groups in total. The van der Waals surface area contributed by atoms with Crippen molar-refractivity contribution in [1.29, 1.82) is 0 Å². The van der Waals surface area contributed by atoms with Gasteiger partial charge in [0.1, 0.15) is 5.69 Å². The first-order valence-corrected chi connectivity index (χ1v) is 12.5. The van der Waals surface area contributed by atoms with Gasteiger partial charge in [-0.2, -0.15) is 4.39 Å². The number of pyridine rings is 3. The number of aromatic amines is 1. The fourth-order valence-electron chi connectivity index (χ4n) is 5.08. The number of halogens is 1. The number of amides is 1. The zero-order valence-electron chi connectivity index (χ0n) is 20.0. The summed E-state index contributed by atoms with van der Waals surface area (Å²) in [5, 5.41) is 1.86. The Morgan fingerprint density at radius 3 is 2.66 bits per heavy atom. The molecular formula is C26H31FN6O2. The van der Waals surface area contributed by atoms with E-state index < -0.39 is 5.95 Å². The topological polar surface area (TPSA) is 94.2 Å². The van der Waals surface area contributed by atoms with Crippen LogP contribution in [0, 0.1) is 5.95 Å². The monoisotopic (exact) mass is 478 g/mol. The minimum atomic E-state index is -0.549. The highest BCUT2D eigenvalue weighted by atomic mass is 19.1. The summed E-state index contributed by atoms with van der Waals surface area (Å²) in [7, 11) is 0. The van der Waals surface area contributed by atoms with Gasteiger partial charge in [-0.3, -0.25) is 24.9 Å². The third-order valence-electron chi connectivity index (χ3n) is 7.12. The lowest BCUT2D eigenvalue weighted by atomic mass is 9.90. The Balaban J connectivity index is 1.19. The molecule has 8 nitrogen and oxygen atoms in total. The molecule has 0 spiro atoms. The Morgan fingerprint density at radius 1 is 1.17 bits per heavy atom. The van der Waals surface area contributed by atoms with Crippen LogP contribution >= 0.6 is 0 Å². The summed E-state index contributed by atoms with van der Waals surface area (Å²) in [5.41, 5.74) is 6.76. The van der Waals surface area contributed by atoms with Crippen LogP contribution in [0.1, 0.15) is 65.7 Å². The normalized spacial score (nSPS) is 17.8. The molecule has 0 aromatic carbocycles. The van der Waals surface area contributed by atoms with E-state index in [2.05, 4.69) is 25.3 Å². The molecule has 3 aromatic heterocycles. The largest absolute Gasteiger partial charge is 0.320 e. The number of aromatic nitrogens is 3. The molecule has 0 atom stereocenters. The number of nitrogens with zero attached hydrogens (tertiary/aromatic N) is 4. The van der Waals surface area contributed by atoms with Crippen molar-refractivity contribution in [2.45, 2.75) is 51.5 Å². The van der Waals surface area contributed by atoms with E-state index in [1.165, 1.54) is 0 Å². The number of H-pyrrole nitrogens is 1. The number of likely N-dealkylation sites (tertiary alicyclic amines) is 1. The molecule has 184 valence electrons. The molecule has 0 bridgehead atoms. The Labute approximate surface area is 203 Å². The van der Waals surface area contributed by atoms with Crippen LogP contribution in [0.4, 0.5) is 4.39 Å². The first-order valence-electron chi connectivity index (χ1n) is 12.5. The number of piperidine rings is 1. The highest BCUT2D eigenvalue weighted by Gasteiger charge is 2.25. The van der Waals surface area contributed by atoms with Crippen molar-refractivity contribution in [1.82, 2.24) is 30.3 Å². The second-order valence-corrected chi connectivity index (χ2v) is 9.52. The molecule has 0 radical (unpaired) electrons.